The minimum absolute atomic E-state index is 0.158. The molecule has 0 aliphatic carbocycles. The second kappa shape index (κ2) is 3.66. The van der Waals surface area contributed by atoms with E-state index in [0.717, 1.165) is 5.76 Å². The van der Waals surface area contributed by atoms with Crippen molar-refractivity contribution in [2.45, 2.75) is 58.0 Å². The number of piperidine rings is 1. The van der Waals surface area contributed by atoms with Gasteiger partial charge in [0, 0.05) is 11.1 Å². The van der Waals surface area contributed by atoms with Crippen LogP contribution >= 0.6 is 0 Å². The minimum Gasteiger partial charge on any atom is -0.507 e. The molecule has 0 saturated carbocycles. The highest BCUT2D eigenvalue weighted by Gasteiger charge is 2.42. The topological polar surface area (TPSA) is 36.0 Å². The smallest absolute Gasteiger partial charge is 0.173 e. The lowest BCUT2D eigenvalue weighted by Gasteiger charge is -2.52. The van der Waals surface area contributed by atoms with Gasteiger partial charge >= 0.3 is 0 Å². The largest absolute Gasteiger partial charge is 0.507 e. The molecule has 0 unspecified atom stereocenters. The highest BCUT2D eigenvalue weighted by atomic mass is 16.6. The molecule has 0 bridgehead atoms. The van der Waals surface area contributed by atoms with E-state index in [4.69, 9.17) is 4.74 Å². The Bertz CT molecular complexity index is 296. The summed E-state index contributed by atoms with van der Waals surface area (Å²) in [5, 5.41) is 9.92. The molecule has 92 valence electrons. The van der Waals surface area contributed by atoms with Gasteiger partial charge in [0.15, 0.2) is 5.76 Å². The van der Waals surface area contributed by atoms with Crippen molar-refractivity contribution in [1.29, 1.82) is 0 Å². The van der Waals surface area contributed by atoms with Gasteiger partial charge in [-0.3, -0.25) is 4.90 Å². The minimum atomic E-state index is 0.158. The van der Waals surface area contributed by atoms with E-state index in [-0.39, 0.29) is 11.1 Å². The SMILES string of the molecule is CC1(C)CCCC(C)(C)N1CC(O)=C1CO1. The van der Waals surface area contributed by atoms with Crippen LogP contribution in [0.4, 0.5) is 0 Å². The summed E-state index contributed by atoms with van der Waals surface area (Å²) in [5.41, 5.74) is 0.316. The monoisotopic (exact) mass is 225 g/mol. The van der Waals surface area contributed by atoms with E-state index >= 15 is 0 Å². The van der Waals surface area contributed by atoms with Crippen LogP contribution in [-0.4, -0.2) is 34.2 Å². The Labute approximate surface area is 98.1 Å². The first-order valence-electron chi connectivity index (χ1n) is 6.14. The van der Waals surface area contributed by atoms with E-state index in [0.29, 0.717) is 18.9 Å². The van der Waals surface area contributed by atoms with Gasteiger partial charge in [0.2, 0.25) is 0 Å². The van der Waals surface area contributed by atoms with Crippen molar-refractivity contribution in [3.05, 3.63) is 11.5 Å². The van der Waals surface area contributed by atoms with Gasteiger partial charge in [0.05, 0.1) is 6.54 Å². The Morgan fingerprint density at radius 3 is 2.19 bits per heavy atom. The van der Waals surface area contributed by atoms with Gasteiger partial charge in [-0.2, -0.15) is 0 Å². The van der Waals surface area contributed by atoms with E-state index in [1.807, 2.05) is 0 Å². The third-order valence-corrected chi connectivity index (χ3v) is 3.96. The van der Waals surface area contributed by atoms with Gasteiger partial charge in [-0.1, -0.05) is 0 Å². The highest BCUT2D eigenvalue weighted by Crippen LogP contribution is 2.38. The molecule has 2 aliphatic heterocycles. The van der Waals surface area contributed by atoms with Gasteiger partial charge in [-0.15, -0.1) is 0 Å². The molecule has 2 heterocycles. The molecular formula is C13H23NO2. The molecule has 16 heavy (non-hydrogen) atoms. The third kappa shape index (κ3) is 2.19. The molecular weight excluding hydrogens is 202 g/mol. The fraction of sp³-hybridized carbons (Fsp3) is 0.846. The first-order chi connectivity index (χ1) is 7.33. The van der Waals surface area contributed by atoms with Crippen LogP contribution in [0.2, 0.25) is 0 Å². The number of epoxide rings is 1. The van der Waals surface area contributed by atoms with Crippen LogP contribution in [0.3, 0.4) is 0 Å². The molecule has 3 nitrogen and oxygen atoms in total. The lowest BCUT2D eigenvalue weighted by atomic mass is 9.80. The molecule has 0 aromatic heterocycles. The van der Waals surface area contributed by atoms with Crippen molar-refractivity contribution >= 4 is 0 Å². The van der Waals surface area contributed by atoms with Crippen LogP contribution in [0.25, 0.3) is 0 Å². The van der Waals surface area contributed by atoms with Gasteiger partial charge < -0.3 is 9.84 Å². The summed E-state index contributed by atoms with van der Waals surface area (Å²) in [6.45, 7) is 10.3. The number of likely N-dealkylation sites (tertiary alicyclic amines) is 1. The molecule has 0 atom stereocenters. The van der Waals surface area contributed by atoms with Crippen LogP contribution in [0.1, 0.15) is 47.0 Å². The van der Waals surface area contributed by atoms with Crippen LogP contribution in [0, 0.1) is 0 Å². The lowest BCUT2D eigenvalue weighted by molar-refractivity contribution is -0.0258. The van der Waals surface area contributed by atoms with Crippen molar-refractivity contribution in [2.75, 3.05) is 13.2 Å². The number of ether oxygens (including phenoxy) is 1. The number of aliphatic hydroxyl groups is 1. The zero-order valence-corrected chi connectivity index (χ0v) is 10.8. The molecule has 0 radical (unpaired) electrons. The Balaban J connectivity index is 2.16. The fourth-order valence-electron chi connectivity index (χ4n) is 2.91. The van der Waals surface area contributed by atoms with Crippen molar-refractivity contribution < 1.29 is 9.84 Å². The van der Waals surface area contributed by atoms with E-state index in [1.54, 1.807) is 0 Å². The van der Waals surface area contributed by atoms with Crippen molar-refractivity contribution in [2.24, 2.45) is 0 Å². The van der Waals surface area contributed by atoms with Crippen molar-refractivity contribution in [3.63, 3.8) is 0 Å². The Morgan fingerprint density at radius 1 is 1.25 bits per heavy atom. The lowest BCUT2D eigenvalue weighted by Crippen LogP contribution is -2.58. The summed E-state index contributed by atoms with van der Waals surface area (Å²) in [5.74, 6) is 1.19. The molecule has 0 aromatic carbocycles. The molecule has 0 spiro atoms. The maximum absolute atomic E-state index is 9.92. The van der Waals surface area contributed by atoms with Crippen LogP contribution in [-0.2, 0) is 4.74 Å². The number of aliphatic hydroxyl groups excluding tert-OH is 1. The Kier molecular flexibility index (Phi) is 2.69. The molecule has 2 fully saturated rings. The quantitative estimate of drug-likeness (QED) is 0.580. The third-order valence-electron chi connectivity index (χ3n) is 3.96. The fourth-order valence-corrected chi connectivity index (χ4v) is 2.91. The van der Waals surface area contributed by atoms with Crippen LogP contribution in [0.15, 0.2) is 11.5 Å². The second-order valence-electron chi connectivity index (χ2n) is 6.22. The van der Waals surface area contributed by atoms with Gasteiger partial charge in [0.25, 0.3) is 0 Å². The molecule has 0 amide bonds. The Morgan fingerprint density at radius 2 is 1.75 bits per heavy atom. The first-order valence-corrected chi connectivity index (χ1v) is 6.14. The molecule has 2 saturated heterocycles. The van der Waals surface area contributed by atoms with Gasteiger partial charge in [-0.25, -0.2) is 0 Å². The first kappa shape index (κ1) is 11.8. The zero-order valence-electron chi connectivity index (χ0n) is 10.8. The van der Waals surface area contributed by atoms with Gasteiger partial charge in [-0.05, 0) is 47.0 Å². The average molecular weight is 225 g/mol. The molecule has 2 aliphatic rings. The van der Waals surface area contributed by atoms with E-state index < -0.39 is 0 Å². The predicted molar refractivity (Wildman–Crippen MR) is 64.3 cm³/mol. The van der Waals surface area contributed by atoms with Gasteiger partial charge in [0.1, 0.15) is 12.4 Å². The summed E-state index contributed by atoms with van der Waals surface area (Å²) >= 11 is 0. The number of hydrogen-bond donors (Lipinski definition) is 1. The highest BCUT2D eigenvalue weighted by molar-refractivity contribution is 5.13. The van der Waals surface area contributed by atoms with Crippen LogP contribution in [0.5, 0.6) is 0 Å². The van der Waals surface area contributed by atoms with Crippen LogP contribution < -0.4 is 0 Å². The average Bonchev–Trinajstić information content (AvgIpc) is 2.93. The molecule has 1 N–H and O–H groups in total. The maximum atomic E-state index is 9.92. The van der Waals surface area contributed by atoms with E-state index in [9.17, 15) is 5.11 Å². The summed E-state index contributed by atoms with van der Waals surface area (Å²) < 4.78 is 5.05. The standard InChI is InChI=1S/C13H23NO2/c1-12(2)6-5-7-13(3,4)14(12)8-10(15)11-9-16-11/h15H,5-9H2,1-4H3. The summed E-state index contributed by atoms with van der Waals surface area (Å²) in [6.07, 6.45) is 3.66. The summed E-state index contributed by atoms with van der Waals surface area (Å²) in [7, 11) is 0. The van der Waals surface area contributed by atoms with E-state index in [1.165, 1.54) is 19.3 Å². The summed E-state index contributed by atoms with van der Waals surface area (Å²) in [6, 6.07) is 0. The second-order valence-corrected chi connectivity index (χ2v) is 6.22. The molecule has 2 rings (SSSR count). The molecule has 3 heteroatoms. The maximum Gasteiger partial charge on any atom is 0.173 e. The van der Waals surface area contributed by atoms with Crippen molar-refractivity contribution in [3.8, 4) is 0 Å². The molecule has 0 aromatic rings. The number of rotatable bonds is 2. The summed E-state index contributed by atoms with van der Waals surface area (Å²) in [4.78, 5) is 2.41. The number of hydrogen-bond acceptors (Lipinski definition) is 3. The normalized spacial score (nSPS) is 30.8. The Hall–Kier alpha value is -0.700. The van der Waals surface area contributed by atoms with Crippen molar-refractivity contribution in [1.82, 2.24) is 4.90 Å². The number of nitrogens with zero attached hydrogens (tertiary/aromatic N) is 1. The predicted octanol–water partition coefficient (Wildman–Crippen LogP) is 2.83. The zero-order chi connectivity index (χ0) is 12.0. The van der Waals surface area contributed by atoms with E-state index in [2.05, 4.69) is 32.6 Å².